The Hall–Kier alpha value is -2.58. The van der Waals surface area contributed by atoms with Gasteiger partial charge in [-0.1, -0.05) is 18.2 Å². The van der Waals surface area contributed by atoms with Gasteiger partial charge in [-0.15, -0.1) is 0 Å². The summed E-state index contributed by atoms with van der Waals surface area (Å²) in [6.45, 7) is 0. The Morgan fingerprint density at radius 3 is 2.78 bits per heavy atom. The van der Waals surface area contributed by atoms with E-state index in [-0.39, 0.29) is 0 Å². The van der Waals surface area contributed by atoms with Crippen molar-refractivity contribution in [2.75, 3.05) is 7.11 Å². The van der Waals surface area contributed by atoms with E-state index >= 15 is 0 Å². The molecule has 3 rings (SSSR count). The van der Waals surface area contributed by atoms with E-state index in [0.29, 0.717) is 17.0 Å². The fraction of sp³-hybridized carbons (Fsp3) is 0.0714. The standard InChI is InChI=1S/C14H9NO3/c1-17-14-6-10-9-4-2-3-5-12(9)18-13(10)7-11(14)15-8-16/h2-7H,1H3. The summed E-state index contributed by atoms with van der Waals surface area (Å²) >= 11 is 0. The summed E-state index contributed by atoms with van der Waals surface area (Å²) in [6, 6.07) is 11.2. The highest BCUT2D eigenvalue weighted by Crippen LogP contribution is 2.37. The number of ether oxygens (including phenoxy) is 1. The van der Waals surface area contributed by atoms with Crippen molar-refractivity contribution in [3.8, 4) is 5.75 Å². The fourth-order valence-corrected chi connectivity index (χ4v) is 2.04. The quantitative estimate of drug-likeness (QED) is 0.507. The van der Waals surface area contributed by atoms with E-state index in [4.69, 9.17) is 9.15 Å². The number of hydrogen-bond donors (Lipinski definition) is 0. The summed E-state index contributed by atoms with van der Waals surface area (Å²) in [5.74, 6) is 0.525. The largest absolute Gasteiger partial charge is 0.494 e. The maximum Gasteiger partial charge on any atom is 0.240 e. The number of methoxy groups -OCH3 is 1. The van der Waals surface area contributed by atoms with Crippen molar-refractivity contribution < 1.29 is 13.9 Å². The lowest BCUT2D eigenvalue weighted by Crippen LogP contribution is -1.83. The Morgan fingerprint density at radius 1 is 1.17 bits per heavy atom. The highest BCUT2D eigenvalue weighted by Gasteiger charge is 2.11. The van der Waals surface area contributed by atoms with Crippen molar-refractivity contribution in [2.45, 2.75) is 0 Å². The molecule has 2 aromatic carbocycles. The number of carbonyl (C=O) groups excluding carboxylic acids is 1. The number of nitrogens with zero attached hydrogens (tertiary/aromatic N) is 1. The van der Waals surface area contributed by atoms with Crippen molar-refractivity contribution in [3.05, 3.63) is 36.4 Å². The second-order valence-corrected chi connectivity index (χ2v) is 3.82. The van der Waals surface area contributed by atoms with Gasteiger partial charge in [0.2, 0.25) is 6.08 Å². The molecule has 0 aliphatic heterocycles. The third-order valence-electron chi connectivity index (χ3n) is 2.84. The van der Waals surface area contributed by atoms with Crippen LogP contribution in [0.2, 0.25) is 0 Å². The number of aliphatic imine (C=N–C) groups is 1. The molecule has 0 aliphatic carbocycles. The second-order valence-electron chi connectivity index (χ2n) is 3.82. The monoisotopic (exact) mass is 239 g/mol. The van der Waals surface area contributed by atoms with Gasteiger partial charge in [-0.05, 0) is 12.1 Å². The predicted molar refractivity (Wildman–Crippen MR) is 68.1 cm³/mol. The van der Waals surface area contributed by atoms with Crippen molar-refractivity contribution >= 4 is 33.7 Å². The summed E-state index contributed by atoms with van der Waals surface area (Å²) in [6.07, 6.45) is 1.51. The Bertz CT molecular complexity index is 782. The zero-order valence-corrected chi connectivity index (χ0v) is 9.64. The Morgan fingerprint density at radius 2 is 2.00 bits per heavy atom. The van der Waals surface area contributed by atoms with Crippen LogP contribution in [0.1, 0.15) is 0 Å². The normalized spacial score (nSPS) is 10.5. The van der Waals surface area contributed by atoms with E-state index in [1.165, 1.54) is 13.2 Å². The van der Waals surface area contributed by atoms with Crippen LogP contribution in [-0.2, 0) is 4.79 Å². The van der Waals surface area contributed by atoms with Crippen LogP contribution in [0.4, 0.5) is 5.69 Å². The highest BCUT2D eigenvalue weighted by molar-refractivity contribution is 6.06. The number of hydrogen-bond acceptors (Lipinski definition) is 4. The lowest BCUT2D eigenvalue weighted by atomic mass is 10.1. The fourth-order valence-electron chi connectivity index (χ4n) is 2.04. The Kier molecular flexibility index (Phi) is 2.36. The van der Waals surface area contributed by atoms with Crippen LogP contribution in [0.5, 0.6) is 5.75 Å². The average Bonchev–Trinajstić information content (AvgIpc) is 2.75. The summed E-state index contributed by atoms with van der Waals surface area (Å²) in [4.78, 5) is 14.0. The SMILES string of the molecule is COc1cc2c(cc1N=C=O)oc1ccccc12. The number of furan rings is 1. The second kappa shape index (κ2) is 4.02. The zero-order chi connectivity index (χ0) is 12.5. The molecule has 0 N–H and O–H groups in total. The number of para-hydroxylation sites is 1. The highest BCUT2D eigenvalue weighted by atomic mass is 16.5. The van der Waals surface area contributed by atoms with Crippen LogP contribution in [0.15, 0.2) is 45.8 Å². The van der Waals surface area contributed by atoms with Crippen molar-refractivity contribution in [1.29, 1.82) is 0 Å². The molecule has 0 radical (unpaired) electrons. The molecule has 1 aromatic heterocycles. The van der Waals surface area contributed by atoms with E-state index in [1.807, 2.05) is 30.3 Å². The maximum absolute atomic E-state index is 10.4. The Labute approximate surface area is 102 Å². The molecular formula is C14H9NO3. The minimum atomic E-state index is 0.416. The Balaban J connectivity index is 2.42. The lowest BCUT2D eigenvalue weighted by molar-refractivity contribution is 0.416. The maximum atomic E-state index is 10.4. The van der Waals surface area contributed by atoms with Gasteiger partial charge in [0.05, 0.1) is 7.11 Å². The molecule has 0 fully saturated rings. The van der Waals surface area contributed by atoms with Crippen LogP contribution < -0.4 is 4.74 Å². The molecule has 0 atom stereocenters. The van der Waals surface area contributed by atoms with E-state index in [9.17, 15) is 4.79 Å². The predicted octanol–water partition coefficient (Wildman–Crippen LogP) is 3.56. The molecule has 0 spiro atoms. The van der Waals surface area contributed by atoms with Crippen LogP contribution >= 0.6 is 0 Å². The summed E-state index contributed by atoms with van der Waals surface area (Å²) < 4.78 is 10.9. The molecule has 0 unspecified atom stereocenters. The minimum Gasteiger partial charge on any atom is -0.494 e. The number of fused-ring (bicyclic) bond motifs is 3. The topological polar surface area (TPSA) is 51.8 Å². The van der Waals surface area contributed by atoms with Gasteiger partial charge in [0, 0.05) is 16.8 Å². The first-order valence-corrected chi connectivity index (χ1v) is 5.40. The lowest BCUT2D eigenvalue weighted by Gasteiger charge is -2.02. The molecule has 0 bridgehead atoms. The molecule has 18 heavy (non-hydrogen) atoms. The average molecular weight is 239 g/mol. The van der Waals surface area contributed by atoms with Crippen molar-refractivity contribution in [3.63, 3.8) is 0 Å². The van der Waals surface area contributed by atoms with E-state index in [1.54, 1.807) is 6.07 Å². The van der Waals surface area contributed by atoms with Gasteiger partial charge >= 0.3 is 0 Å². The zero-order valence-electron chi connectivity index (χ0n) is 9.64. The summed E-state index contributed by atoms with van der Waals surface area (Å²) in [7, 11) is 1.53. The minimum absolute atomic E-state index is 0.416. The first-order chi connectivity index (χ1) is 8.83. The van der Waals surface area contributed by atoms with Crippen molar-refractivity contribution in [1.82, 2.24) is 0 Å². The molecule has 88 valence electrons. The van der Waals surface area contributed by atoms with Gasteiger partial charge in [0.1, 0.15) is 22.6 Å². The third kappa shape index (κ3) is 1.48. The van der Waals surface area contributed by atoms with Gasteiger partial charge in [-0.3, -0.25) is 0 Å². The molecule has 0 saturated carbocycles. The van der Waals surface area contributed by atoms with Crippen LogP contribution in [0.3, 0.4) is 0 Å². The van der Waals surface area contributed by atoms with Crippen LogP contribution in [-0.4, -0.2) is 13.2 Å². The van der Waals surface area contributed by atoms with Gasteiger partial charge in [-0.2, -0.15) is 4.99 Å². The van der Waals surface area contributed by atoms with Gasteiger partial charge < -0.3 is 9.15 Å². The van der Waals surface area contributed by atoms with Gasteiger partial charge in [0.15, 0.2) is 0 Å². The molecule has 0 amide bonds. The van der Waals surface area contributed by atoms with Crippen LogP contribution in [0, 0.1) is 0 Å². The number of isocyanates is 1. The summed E-state index contributed by atoms with van der Waals surface area (Å²) in [5.41, 5.74) is 1.88. The van der Waals surface area contributed by atoms with Gasteiger partial charge in [-0.25, -0.2) is 4.79 Å². The van der Waals surface area contributed by atoms with Gasteiger partial charge in [0.25, 0.3) is 0 Å². The molecule has 0 aliphatic rings. The molecule has 1 heterocycles. The number of benzene rings is 2. The van der Waals surface area contributed by atoms with Crippen LogP contribution in [0.25, 0.3) is 21.9 Å². The molecule has 4 nitrogen and oxygen atoms in total. The summed E-state index contributed by atoms with van der Waals surface area (Å²) in [5, 5.41) is 1.94. The molecule has 3 aromatic rings. The third-order valence-corrected chi connectivity index (χ3v) is 2.84. The first kappa shape index (κ1) is 10.6. The van der Waals surface area contributed by atoms with E-state index < -0.39 is 0 Å². The number of rotatable bonds is 2. The first-order valence-electron chi connectivity index (χ1n) is 5.40. The molecular weight excluding hydrogens is 230 g/mol. The molecule has 4 heteroatoms. The molecule has 0 saturated heterocycles. The van der Waals surface area contributed by atoms with E-state index in [2.05, 4.69) is 4.99 Å². The smallest absolute Gasteiger partial charge is 0.240 e. The van der Waals surface area contributed by atoms with E-state index in [0.717, 1.165) is 16.4 Å². The van der Waals surface area contributed by atoms with Crippen molar-refractivity contribution in [2.24, 2.45) is 4.99 Å².